The summed E-state index contributed by atoms with van der Waals surface area (Å²) in [4.78, 5) is 1.31. The zero-order chi connectivity index (χ0) is 17.1. The van der Waals surface area contributed by atoms with E-state index in [0.29, 0.717) is 5.56 Å². The molecular formula is C16H14F5NO. The van der Waals surface area contributed by atoms with Crippen LogP contribution in [0.3, 0.4) is 0 Å². The van der Waals surface area contributed by atoms with Gasteiger partial charge in [0.25, 0.3) is 0 Å². The summed E-state index contributed by atoms with van der Waals surface area (Å²) in [6.45, 7) is -0.353. The SMILES string of the molecule is CN(CCO)C(c1ccccc1)c1c(F)c(F)c(F)c(F)c1F. The molecule has 0 saturated heterocycles. The number of hydrogen-bond donors (Lipinski definition) is 1. The van der Waals surface area contributed by atoms with E-state index in [1.807, 2.05) is 0 Å². The van der Waals surface area contributed by atoms with E-state index in [1.165, 1.54) is 24.1 Å². The second kappa shape index (κ2) is 7.06. The number of hydrogen-bond acceptors (Lipinski definition) is 2. The number of rotatable bonds is 5. The van der Waals surface area contributed by atoms with Crippen molar-refractivity contribution in [2.45, 2.75) is 6.04 Å². The number of halogens is 5. The first-order valence-electron chi connectivity index (χ1n) is 6.77. The quantitative estimate of drug-likeness (QED) is 0.516. The molecule has 0 aliphatic carbocycles. The Morgan fingerprint density at radius 1 is 0.870 bits per heavy atom. The molecule has 0 spiro atoms. The van der Waals surface area contributed by atoms with Crippen molar-refractivity contribution in [1.82, 2.24) is 4.90 Å². The summed E-state index contributed by atoms with van der Waals surface area (Å²) in [7, 11) is 1.42. The van der Waals surface area contributed by atoms with Crippen molar-refractivity contribution in [3.63, 3.8) is 0 Å². The van der Waals surface area contributed by atoms with Gasteiger partial charge in [0.05, 0.1) is 18.2 Å². The van der Waals surface area contributed by atoms with E-state index in [9.17, 15) is 22.0 Å². The van der Waals surface area contributed by atoms with Crippen LogP contribution < -0.4 is 0 Å². The topological polar surface area (TPSA) is 23.5 Å². The Balaban J connectivity index is 2.70. The van der Waals surface area contributed by atoms with Crippen LogP contribution in [0.5, 0.6) is 0 Å². The summed E-state index contributed by atoms with van der Waals surface area (Å²) >= 11 is 0. The van der Waals surface area contributed by atoms with Crippen LogP contribution >= 0.6 is 0 Å². The molecule has 0 fully saturated rings. The van der Waals surface area contributed by atoms with Crippen LogP contribution in [0.15, 0.2) is 30.3 Å². The van der Waals surface area contributed by atoms with Gasteiger partial charge in [-0.2, -0.15) is 0 Å². The molecule has 0 saturated carbocycles. The Bertz CT molecular complexity index is 664. The molecule has 1 N–H and O–H groups in total. The predicted octanol–water partition coefficient (Wildman–Crippen LogP) is 3.40. The lowest BCUT2D eigenvalue weighted by Gasteiger charge is -2.29. The number of aliphatic hydroxyl groups excluding tert-OH is 1. The van der Waals surface area contributed by atoms with E-state index in [-0.39, 0.29) is 13.2 Å². The van der Waals surface area contributed by atoms with Gasteiger partial charge in [-0.1, -0.05) is 30.3 Å². The molecule has 0 radical (unpaired) electrons. The van der Waals surface area contributed by atoms with E-state index in [4.69, 9.17) is 5.11 Å². The van der Waals surface area contributed by atoms with Crippen molar-refractivity contribution < 1.29 is 27.1 Å². The second-order valence-corrected chi connectivity index (χ2v) is 5.00. The molecule has 0 aliphatic heterocycles. The summed E-state index contributed by atoms with van der Waals surface area (Å²) < 4.78 is 68.5. The molecule has 2 rings (SSSR count). The van der Waals surface area contributed by atoms with Crippen LogP contribution in [0, 0.1) is 29.1 Å². The maximum Gasteiger partial charge on any atom is 0.200 e. The van der Waals surface area contributed by atoms with Gasteiger partial charge >= 0.3 is 0 Å². The summed E-state index contributed by atoms with van der Waals surface area (Å²) in [5, 5.41) is 9.03. The molecule has 0 amide bonds. The van der Waals surface area contributed by atoms with Crippen LogP contribution in [-0.4, -0.2) is 30.2 Å². The monoisotopic (exact) mass is 331 g/mol. The molecule has 0 aliphatic rings. The van der Waals surface area contributed by atoms with Crippen molar-refractivity contribution in [1.29, 1.82) is 0 Å². The highest BCUT2D eigenvalue weighted by Gasteiger charge is 2.33. The van der Waals surface area contributed by atoms with Gasteiger partial charge in [0.2, 0.25) is 5.82 Å². The highest BCUT2D eigenvalue weighted by molar-refractivity contribution is 5.35. The highest BCUT2D eigenvalue weighted by Crippen LogP contribution is 2.34. The summed E-state index contributed by atoms with van der Waals surface area (Å²) in [6.07, 6.45) is 0. The highest BCUT2D eigenvalue weighted by atomic mass is 19.2. The maximum atomic E-state index is 14.1. The van der Waals surface area contributed by atoms with Gasteiger partial charge in [0.15, 0.2) is 23.3 Å². The normalized spacial score (nSPS) is 12.7. The zero-order valence-electron chi connectivity index (χ0n) is 12.2. The minimum absolute atomic E-state index is 0.0148. The van der Waals surface area contributed by atoms with Crippen molar-refractivity contribution in [2.75, 3.05) is 20.2 Å². The number of benzene rings is 2. The van der Waals surface area contributed by atoms with Gasteiger partial charge in [-0.15, -0.1) is 0 Å². The van der Waals surface area contributed by atoms with Gasteiger partial charge in [-0.25, -0.2) is 22.0 Å². The molecule has 23 heavy (non-hydrogen) atoms. The third kappa shape index (κ3) is 3.20. The first-order valence-corrected chi connectivity index (χ1v) is 6.77. The Hall–Kier alpha value is -1.99. The van der Waals surface area contributed by atoms with E-state index >= 15 is 0 Å². The summed E-state index contributed by atoms with van der Waals surface area (Å²) in [5.74, 6) is -9.92. The lowest BCUT2D eigenvalue weighted by molar-refractivity contribution is 0.190. The molecule has 0 bridgehead atoms. The molecular weight excluding hydrogens is 317 g/mol. The zero-order valence-corrected chi connectivity index (χ0v) is 12.2. The standard InChI is InChI=1S/C16H14F5NO/c1-22(7-8-23)16(9-5-3-2-4-6-9)10-11(17)13(19)15(21)14(20)12(10)18/h2-6,16,23H,7-8H2,1H3. The fraction of sp³-hybridized carbons (Fsp3) is 0.250. The lowest BCUT2D eigenvalue weighted by atomic mass is 9.95. The second-order valence-electron chi connectivity index (χ2n) is 5.00. The first-order chi connectivity index (χ1) is 10.9. The minimum atomic E-state index is -2.19. The number of aliphatic hydroxyl groups is 1. The van der Waals surface area contributed by atoms with Crippen LogP contribution in [-0.2, 0) is 0 Å². The smallest absolute Gasteiger partial charge is 0.200 e. The van der Waals surface area contributed by atoms with Gasteiger partial charge in [0, 0.05) is 6.54 Å². The van der Waals surface area contributed by atoms with Crippen LogP contribution in [0.1, 0.15) is 17.2 Å². The van der Waals surface area contributed by atoms with Gasteiger partial charge in [-0.05, 0) is 12.6 Å². The van der Waals surface area contributed by atoms with Crippen molar-refractivity contribution >= 4 is 0 Å². The Kier molecular flexibility index (Phi) is 5.33. The van der Waals surface area contributed by atoms with Crippen LogP contribution in [0.4, 0.5) is 22.0 Å². The third-order valence-electron chi connectivity index (χ3n) is 3.53. The molecule has 2 aromatic carbocycles. The molecule has 2 aromatic rings. The summed E-state index contributed by atoms with van der Waals surface area (Å²) in [6, 6.07) is 6.62. The van der Waals surface area contributed by atoms with Gasteiger partial charge in [0.1, 0.15) is 0 Å². The van der Waals surface area contributed by atoms with Crippen molar-refractivity contribution in [3.05, 3.63) is 70.5 Å². The fourth-order valence-corrected chi connectivity index (χ4v) is 2.43. The molecule has 7 heteroatoms. The molecule has 1 unspecified atom stereocenters. The molecule has 0 aromatic heterocycles. The van der Waals surface area contributed by atoms with E-state index in [2.05, 4.69) is 0 Å². The predicted molar refractivity (Wildman–Crippen MR) is 74.2 cm³/mol. The first kappa shape index (κ1) is 17.4. The van der Waals surface area contributed by atoms with E-state index in [0.717, 1.165) is 0 Å². The maximum absolute atomic E-state index is 14.1. The Morgan fingerprint density at radius 3 is 1.83 bits per heavy atom. The number of likely N-dealkylation sites (N-methyl/N-ethyl adjacent to an activating group) is 1. The molecule has 124 valence electrons. The molecule has 1 atom stereocenters. The average molecular weight is 331 g/mol. The van der Waals surface area contributed by atoms with Crippen molar-refractivity contribution in [2.24, 2.45) is 0 Å². The average Bonchev–Trinajstić information content (AvgIpc) is 2.56. The Morgan fingerprint density at radius 2 is 1.35 bits per heavy atom. The van der Waals surface area contributed by atoms with Gasteiger partial charge < -0.3 is 5.11 Å². The Labute approximate surface area is 129 Å². The largest absolute Gasteiger partial charge is 0.395 e. The third-order valence-corrected chi connectivity index (χ3v) is 3.53. The number of nitrogens with zero attached hydrogens (tertiary/aromatic N) is 1. The van der Waals surface area contributed by atoms with Crippen molar-refractivity contribution in [3.8, 4) is 0 Å². The molecule has 2 nitrogen and oxygen atoms in total. The molecule has 0 heterocycles. The van der Waals surface area contributed by atoms with E-state index in [1.54, 1.807) is 18.2 Å². The van der Waals surface area contributed by atoms with Crippen LogP contribution in [0.25, 0.3) is 0 Å². The van der Waals surface area contributed by atoms with E-state index < -0.39 is 40.7 Å². The summed E-state index contributed by atoms with van der Waals surface area (Å²) in [5.41, 5.74) is -0.602. The van der Waals surface area contributed by atoms with Crippen LogP contribution in [0.2, 0.25) is 0 Å². The fourth-order valence-electron chi connectivity index (χ4n) is 2.43. The minimum Gasteiger partial charge on any atom is -0.395 e. The van der Waals surface area contributed by atoms with Gasteiger partial charge in [-0.3, -0.25) is 4.90 Å². The lowest BCUT2D eigenvalue weighted by Crippen LogP contribution is -2.30.